The number of aryl methyl sites for hydroxylation is 1. The zero-order valence-corrected chi connectivity index (χ0v) is 20.2. The van der Waals surface area contributed by atoms with Gasteiger partial charge in [0, 0.05) is 29.2 Å². The molecule has 0 heterocycles. The summed E-state index contributed by atoms with van der Waals surface area (Å²) in [7, 11) is 1.62. The van der Waals surface area contributed by atoms with Gasteiger partial charge in [-0.25, -0.2) is 0 Å². The molecule has 2 aromatic rings. The Morgan fingerprint density at radius 1 is 1.06 bits per heavy atom. The average molecular weight is 443 g/mol. The van der Waals surface area contributed by atoms with Crippen LogP contribution in [0, 0.1) is 6.92 Å². The summed E-state index contributed by atoms with van der Waals surface area (Å²) in [6, 6.07) is 15.3. The van der Waals surface area contributed by atoms with Crippen molar-refractivity contribution in [2.75, 3.05) is 12.9 Å². The number of benzene rings is 2. The van der Waals surface area contributed by atoms with Crippen LogP contribution in [0.25, 0.3) is 0 Å². The van der Waals surface area contributed by atoms with E-state index in [9.17, 15) is 9.59 Å². The van der Waals surface area contributed by atoms with Crippen molar-refractivity contribution in [1.82, 2.24) is 10.2 Å². The summed E-state index contributed by atoms with van der Waals surface area (Å²) in [5, 5.41) is 2.99. The second kappa shape index (κ2) is 11.2. The highest BCUT2D eigenvalue weighted by Crippen LogP contribution is 2.21. The summed E-state index contributed by atoms with van der Waals surface area (Å²) in [6.45, 7) is 10.0. The zero-order chi connectivity index (χ0) is 23.0. The van der Waals surface area contributed by atoms with Gasteiger partial charge in [-0.05, 0) is 64.4 Å². The summed E-state index contributed by atoms with van der Waals surface area (Å²) in [6.07, 6.45) is 0.363. The van der Waals surface area contributed by atoms with Gasteiger partial charge < -0.3 is 15.0 Å². The maximum Gasteiger partial charge on any atom is 0.242 e. The molecular formula is C25H34N2O3S. The molecule has 1 N–H and O–H groups in total. The first-order valence-electron chi connectivity index (χ1n) is 10.5. The molecule has 0 aliphatic rings. The van der Waals surface area contributed by atoms with Gasteiger partial charge in [0.2, 0.25) is 11.8 Å². The molecule has 0 bridgehead atoms. The third-order valence-electron chi connectivity index (χ3n) is 4.78. The standard InChI is InChI=1S/C25H34N2O3S/c1-18-7-13-22(14-8-18)31-16-15-23(28)27(19(2)24(29)26-25(3,4)5)17-20-9-11-21(30-6)12-10-20/h7-14,19H,15-17H2,1-6H3,(H,26,29). The number of hydrogen-bond acceptors (Lipinski definition) is 4. The molecule has 1 unspecified atom stereocenters. The lowest BCUT2D eigenvalue weighted by atomic mass is 10.1. The van der Waals surface area contributed by atoms with Crippen LogP contribution < -0.4 is 10.1 Å². The largest absolute Gasteiger partial charge is 0.497 e. The Balaban J connectivity index is 2.09. The number of thioether (sulfide) groups is 1. The van der Waals surface area contributed by atoms with Crippen LogP contribution in [0.1, 0.15) is 45.2 Å². The van der Waals surface area contributed by atoms with Crippen molar-refractivity contribution < 1.29 is 14.3 Å². The number of methoxy groups -OCH3 is 1. The number of rotatable bonds is 9. The van der Waals surface area contributed by atoms with E-state index in [1.54, 1.807) is 30.7 Å². The van der Waals surface area contributed by atoms with Crippen molar-refractivity contribution >= 4 is 23.6 Å². The monoisotopic (exact) mass is 442 g/mol. The van der Waals surface area contributed by atoms with Crippen molar-refractivity contribution in [3.8, 4) is 5.75 Å². The van der Waals surface area contributed by atoms with Gasteiger partial charge in [-0.1, -0.05) is 29.8 Å². The molecule has 2 amide bonds. The van der Waals surface area contributed by atoms with Crippen LogP contribution in [0.3, 0.4) is 0 Å². The van der Waals surface area contributed by atoms with Crippen molar-refractivity contribution in [3.05, 3.63) is 59.7 Å². The Kier molecular flexibility index (Phi) is 8.99. The van der Waals surface area contributed by atoms with Gasteiger partial charge >= 0.3 is 0 Å². The fraction of sp³-hybridized carbons (Fsp3) is 0.440. The second-order valence-electron chi connectivity index (χ2n) is 8.70. The Morgan fingerprint density at radius 3 is 2.23 bits per heavy atom. The van der Waals surface area contributed by atoms with E-state index in [2.05, 4.69) is 36.5 Å². The molecule has 0 radical (unpaired) electrons. The molecule has 0 aliphatic heterocycles. The Morgan fingerprint density at radius 2 is 1.68 bits per heavy atom. The third-order valence-corrected chi connectivity index (χ3v) is 5.80. The van der Waals surface area contributed by atoms with Gasteiger partial charge in [-0.2, -0.15) is 0 Å². The maximum absolute atomic E-state index is 13.1. The lowest BCUT2D eigenvalue weighted by molar-refractivity contribution is -0.140. The van der Waals surface area contributed by atoms with Gasteiger partial charge in [0.15, 0.2) is 0 Å². The molecule has 168 valence electrons. The molecule has 0 saturated heterocycles. The number of carbonyl (C=O) groups is 2. The van der Waals surface area contributed by atoms with E-state index in [4.69, 9.17) is 4.74 Å². The van der Waals surface area contributed by atoms with Crippen LogP contribution >= 0.6 is 11.8 Å². The van der Waals surface area contributed by atoms with Crippen LogP contribution in [0.4, 0.5) is 0 Å². The summed E-state index contributed by atoms with van der Waals surface area (Å²) in [5.74, 6) is 1.23. The van der Waals surface area contributed by atoms with Crippen LogP contribution in [-0.4, -0.2) is 41.2 Å². The quantitative estimate of drug-likeness (QED) is 0.566. The molecule has 31 heavy (non-hydrogen) atoms. The number of hydrogen-bond donors (Lipinski definition) is 1. The summed E-state index contributed by atoms with van der Waals surface area (Å²) in [4.78, 5) is 28.7. The van der Waals surface area contributed by atoms with Gasteiger partial charge in [0.1, 0.15) is 11.8 Å². The van der Waals surface area contributed by atoms with E-state index in [1.165, 1.54) is 5.56 Å². The minimum absolute atomic E-state index is 0.0352. The fourth-order valence-corrected chi connectivity index (χ4v) is 3.86. The first-order valence-corrected chi connectivity index (χ1v) is 11.5. The number of carbonyl (C=O) groups excluding carboxylic acids is 2. The number of nitrogens with zero attached hydrogens (tertiary/aromatic N) is 1. The first-order chi connectivity index (χ1) is 14.6. The number of amides is 2. The highest BCUT2D eigenvalue weighted by molar-refractivity contribution is 7.99. The number of nitrogens with one attached hydrogen (secondary N) is 1. The Bertz CT molecular complexity index is 858. The van der Waals surface area contributed by atoms with Crippen molar-refractivity contribution in [1.29, 1.82) is 0 Å². The highest BCUT2D eigenvalue weighted by Gasteiger charge is 2.28. The molecule has 0 saturated carbocycles. The van der Waals surface area contributed by atoms with Crippen LogP contribution in [-0.2, 0) is 16.1 Å². The van der Waals surface area contributed by atoms with Gasteiger partial charge in [0.05, 0.1) is 7.11 Å². The maximum atomic E-state index is 13.1. The van der Waals surface area contributed by atoms with E-state index in [0.717, 1.165) is 16.2 Å². The van der Waals surface area contributed by atoms with E-state index >= 15 is 0 Å². The van der Waals surface area contributed by atoms with E-state index in [0.29, 0.717) is 18.7 Å². The van der Waals surface area contributed by atoms with E-state index in [-0.39, 0.29) is 17.4 Å². The van der Waals surface area contributed by atoms with Crippen molar-refractivity contribution in [2.45, 2.75) is 64.1 Å². The lowest BCUT2D eigenvalue weighted by Crippen LogP contribution is -2.52. The molecule has 5 nitrogen and oxygen atoms in total. The van der Waals surface area contributed by atoms with E-state index < -0.39 is 6.04 Å². The molecule has 1 atom stereocenters. The SMILES string of the molecule is COc1ccc(CN(C(=O)CCSc2ccc(C)cc2)C(C)C(=O)NC(C)(C)C)cc1. The first kappa shape index (κ1) is 24.8. The number of ether oxygens (including phenoxy) is 1. The highest BCUT2D eigenvalue weighted by atomic mass is 32.2. The summed E-state index contributed by atoms with van der Waals surface area (Å²) in [5.41, 5.74) is 1.81. The molecule has 0 aliphatic carbocycles. The normalized spacial score (nSPS) is 12.2. The van der Waals surface area contributed by atoms with Gasteiger partial charge in [0.25, 0.3) is 0 Å². The Hall–Kier alpha value is -2.47. The predicted octanol–water partition coefficient (Wildman–Crippen LogP) is 4.82. The molecule has 2 aromatic carbocycles. The fourth-order valence-electron chi connectivity index (χ4n) is 3.02. The van der Waals surface area contributed by atoms with Crippen LogP contribution in [0.5, 0.6) is 5.75 Å². The summed E-state index contributed by atoms with van der Waals surface area (Å²) >= 11 is 1.65. The zero-order valence-electron chi connectivity index (χ0n) is 19.4. The van der Waals surface area contributed by atoms with Gasteiger partial charge in [-0.3, -0.25) is 9.59 Å². The smallest absolute Gasteiger partial charge is 0.242 e. The Labute approximate surface area is 190 Å². The topological polar surface area (TPSA) is 58.6 Å². The lowest BCUT2D eigenvalue weighted by Gasteiger charge is -2.31. The van der Waals surface area contributed by atoms with E-state index in [1.807, 2.05) is 45.0 Å². The predicted molar refractivity (Wildman–Crippen MR) is 127 cm³/mol. The van der Waals surface area contributed by atoms with Crippen molar-refractivity contribution in [2.24, 2.45) is 0 Å². The molecule has 0 aromatic heterocycles. The molecule has 0 spiro atoms. The van der Waals surface area contributed by atoms with Crippen LogP contribution in [0.2, 0.25) is 0 Å². The third kappa shape index (κ3) is 8.29. The molecule has 6 heteroatoms. The molecule has 0 fully saturated rings. The van der Waals surface area contributed by atoms with Gasteiger partial charge in [-0.15, -0.1) is 11.8 Å². The minimum Gasteiger partial charge on any atom is -0.497 e. The second-order valence-corrected chi connectivity index (χ2v) is 9.86. The molecule has 2 rings (SSSR count). The minimum atomic E-state index is -0.571. The van der Waals surface area contributed by atoms with Crippen molar-refractivity contribution in [3.63, 3.8) is 0 Å². The average Bonchev–Trinajstić information content (AvgIpc) is 2.72. The van der Waals surface area contributed by atoms with Crippen LogP contribution in [0.15, 0.2) is 53.4 Å². The molecular weight excluding hydrogens is 408 g/mol. The summed E-state index contributed by atoms with van der Waals surface area (Å²) < 4.78 is 5.22.